The second kappa shape index (κ2) is 3.95. The highest BCUT2D eigenvalue weighted by molar-refractivity contribution is 4.91. The molecule has 0 radical (unpaired) electrons. The lowest BCUT2D eigenvalue weighted by Crippen LogP contribution is -2.47. The molecule has 2 heteroatoms. The van der Waals surface area contributed by atoms with Gasteiger partial charge in [-0.05, 0) is 38.0 Å². The van der Waals surface area contributed by atoms with Gasteiger partial charge in [0.25, 0.3) is 0 Å². The molecule has 2 rings (SSSR count). The Kier molecular flexibility index (Phi) is 2.87. The fourth-order valence-electron chi connectivity index (χ4n) is 2.61. The van der Waals surface area contributed by atoms with E-state index < -0.39 is 6.17 Å². The normalized spacial score (nSPS) is 44.8. The van der Waals surface area contributed by atoms with Crippen molar-refractivity contribution in [3.8, 4) is 0 Å². The monoisotopic (exact) mass is 185 g/mol. The van der Waals surface area contributed by atoms with Gasteiger partial charge in [0.05, 0.1) is 0 Å². The summed E-state index contributed by atoms with van der Waals surface area (Å²) in [7, 11) is 0. The summed E-state index contributed by atoms with van der Waals surface area (Å²) in [5.41, 5.74) is 0. The van der Waals surface area contributed by atoms with Crippen molar-refractivity contribution in [2.45, 2.75) is 63.7 Å². The van der Waals surface area contributed by atoms with Gasteiger partial charge in [0.15, 0.2) is 0 Å². The first-order chi connectivity index (χ1) is 6.29. The minimum Gasteiger partial charge on any atom is -0.308 e. The molecular weight excluding hydrogens is 165 g/mol. The van der Waals surface area contributed by atoms with E-state index in [4.69, 9.17) is 0 Å². The summed E-state index contributed by atoms with van der Waals surface area (Å²) in [6.07, 6.45) is 6.18. The Morgan fingerprint density at radius 2 is 2.08 bits per heavy atom. The zero-order valence-corrected chi connectivity index (χ0v) is 8.43. The topological polar surface area (TPSA) is 12.0 Å². The van der Waals surface area contributed by atoms with Crippen molar-refractivity contribution < 1.29 is 4.39 Å². The molecule has 13 heavy (non-hydrogen) atoms. The van der Waals surface area contributed by atoms with Crippen LogP contribution in [0.15, 0.2) is 0 Å². The van der Waals surface area contributed by atoms with Crippen LogP contribution in [0.3, 0.4) is 0 Å². The number of nitrogens with one attached hydrogen (secondary N) is 1. The van der Waals surface area contributed by atoms with Crippen molar-refractivity contribution >= 4 is 0 Å². The Hall–Kier alpha value is -0.110. The number of alkyl halides is 1. The number of halogens is 1. The van der Waals surface area contributed by atoms with Crippen molar-refractivity contribution in [2.75, 3.05) is 0 Å². The Morgan fingerprint density at radius 1 is 1.31 bits per heavy atom. The van der Waals surface area contributed by atoms with Crippen LogP contribution in [0, 0.1) is 5.92 Å². The average molecular weight is 185 g/mol. The molecule has 0 aliphatic heterocycles. The second-order valence-electron chi connectivity index (χ2n) is 4.66. The molecule has 0 aromatic carbocycles. The van der Waals surface area contributed by atoms with E-state index in [-0.39, 0.29) is 6.04 Å². The molecule has 0 bridgehead atoms. The quantitative estimate of drug-likeness (QED) is 0.712. The van der Waals surface area contributed by atoms with Gasteiger partial charge in [-0.25, -0.2) is 4.39 Å². The molecule has 0 aromatic heterocycles. The van der Waals surface area contributed by atoms with Gasteiger partial charge in [-0.2, -0.15) is 0 Å². The van der Waals surface area contributed by atoms with E-state index in [1.54, 1.807) is 0 Å². The molecule has 0 spiro atoms. The van der Waals surface area contributed by atoms with Gasteiger partial charge < -0.3 is 5.32 Å². The van der Waals surface area contributed by atoms with Crippen LogP contribution < -0.4 is 5.32 Å². The Bertz CT molecular complexity index is 165. The predicted molar refractivity (Wildman–Crippen MR) is 52.5 cm³/mol. The van der Waals surface area contributed by atoms with Gasteiger partial charge in [-0.1, -0.05) is 13.3 Å². The molecule has 2 aliphatic carbocycles. The molecular formula is C11H20FN. The maximum atomic E-state index is 13.2. The van der Waals surface area contributed by atoms with Crippen molar-refractivity contribution in [3.05, 3.63) is 0 Å². The summed E-state index contributed by atoms with van der Waals surface area (Å²) in [5.74, 6) is 0.914. The molecule has 0 saturated heterocycles. The summed E-state index contributed by atoms with van der Waals surface area (Å²) in [6.45, 7) is 2.24. The smallest absolute Gasteiger partial charge is 0.115 e. The molecule has 2 aliphatic rings. The lowest BCUT2D eigenvalue weighted by Gasteiger charge is -2.37. The van der Waals surface area contributed by atoms with Crippen LogP contribution >= 0.6 is 0 Å². The van der Waals surface area contributed by atoms with Gasteiger partial charge in [0.2, 0.25) is 0 Å². The largest absolute Gasteiger partial charge is 0.308 e. The van der Waals surface area contributed by atoms with Crippen LogP contribution in [0.5, 0.6) is 0 Å². The Labute approximate surface area is 80.1 Å². The molecule has 76 valence electrons. The SMILES string of the molecule is CCC1CC(N[C@@H]2CCC[C@@H]2F)C1. The lowest BCUT2D eigenvalue weighted by molar-refractivity contribution is 0.173. The molecule has 2 saturated carbocycles. The van der Waals surface area contributed by atoms with Crippen LogP contribution in [0.1, 0.15) is 45.4 Å². The van der Waals surface area contributed by atoms with E-state index in [0.29, 0.717) is 6.04 Å². The first-order valence-corrected chi connectivity index (χ1v) is 5.69. The van der Waals surface area contributed by atoms with Crippen LogP contribution in [-0.2, 0) is 0 Å². The number of hydrogen-bond acceptors (Lipinski definition) is 1. The van der Waals surface area contributed by atoms with Crippen molar-refractivity contribution in [1.29, 1.82) is 0 Å². The Morgan fingerprint density at radius 3 is 2.62 bits per heavy atom. The van der Waals surface area contributed by atoms with Gasteiger partial charge in [-0.15, -0.1) is 0 Å². The standard InChI is InChI=1S/C11H20FN/c1-2-8-6-9(7-8)13-11-5-3-4-10(11)12/h8-11,13H,2-7H2,1H3/t8?,9?,10-,11+/m0/s1. The Balaban J connectivity index is 1.68. The zero-order chi connectivity index (χ0) is 9.26. The second-order valence-corrected chi connectivity index (χ2v) is 4.66. The minimum atomic E-state index is -0.569. The van der Waals surface area contributed by atoms with E-state index in [2.05, 4.69) is 12.2 Å². The summed E-state index contributed by atoms with van der Waals surface area (Å²) in [6, 6.07) is 0.814. The molecule has 1 nitrogen and oxygen atoms in total. The summed E-state index contributed by atoms with van der Waals surface area (Å²) < 4.78 is 13.2. The zero-order valence-electron chi connectivity index (χ0n) is 8.43. The number of rotatable bonds is 3. The van der Waals surface area contributed by atoms with E-state index >= 15 is 0 Å². The van der Waals surface area contributed by atoms with Crippen molar-refractivity contribution in [1.82, 2.24) is 5.32 Å². The predicted octanol–water partition coefficient (Wildman–Crippen LogP) is 2.66. The third-order valence-corrected chi connectivity index (χ3v) is 3.69. The molecule has 0 heterocycles. The highest BCUT2D eigenvalue weighted by atomic mass is 19.1. The third kappa shape index (κ3) is 2.04. The van der Waals surface area contributed by atoms with Crippen molar-refractivity contribution in [3.63, 3.8) is 0 Å². The van der Waals surface area contributed by atoms with Crippen LogP contribution in [0.25, 0.3) is 0 Å². The summed E-state index contributed by atoms with van der Waals surface area (Å²) in [4.78, 5) is 0. The minimum absolute atomic E-state index is 0.183. The van der Waals surface area contributed by atoms with E-state index in [9.17, 15) is 4.39 Å². The van der Waals surface area contributed by atoms with E-state index in [1.807, 2.05) is 0 Å². The van der Waals surface area contributed by atoms with Crippen molar-refractivity contribution in [2.24, 2.45) is 5.92 Å². The van der Waals surface area contributed by atoms with Gasteiger partial charge in [0, 0.05) is 12.1 Å². The summed E-state index contributed by atoms with van der Waals surface area (Å²) >= 11 is 0. The summed E-state index contributed by atoms with van der Waals surface area (Å²) in [5, 5.41) is 3.45. The molecule has 1 N–H and O–H groups in total. The first kappa shape index (κ1) is 9.45. The number of hydrogen-bond donors (Lipinski definition) is 1. The van der Waals surface area contributed by atoms with Crippen LogP contribution in [0.2, 0.25) is 0 Å². The van der Waals surface area contributed by atoms with Gasteiger partial charge in [-0.3, -0.25) is 0 Å². The third-order valence-electron chi connectivity index (χ3n) is 3.69. The fourth-order valence-corrected chi connectivity index (χ4v) is 2.61. The maximum absolute atomic E-state index is 13.2. The molecule has 2 atom stereocenters. The molecule has 2 fully saturated rings. The fraction of sp³-hybridized carbons (Fsp3) is 1.00. The molecule has 0 unspecified atom stereocenters. The molecule has 0 aromatic rings. The first-order valence-electron chi connectivity index (χ1n) is 5.69. The van der Waals surface area contributed by atoms with Gasteiger partial charge in [0.1, 0.15) is 6.17 Å². The van der Waals surface area contributed by atoms with E-state index in [0.717, 1.165) is 25.2 Å². The maximum Gasteiger partial charge on any atom is 0.115 e. The van der Waals surface area contributed by atoms with Crippen LogP contribution in [-0.4, -0.2) is 18.3 Å². The highest BCUT2D eigenvalue weighted by Crippen LogP contribution is 2.32. The van der Waals surface area contributed by atoms with Crippen LogP contribution in [0.4, 0.5) is 4.39 Å². The van der Waals surface area contributed by atoms with Gasteiger partial charge >= 0.3 is 0 Å². The lowest BCUT2D eigenvalue weighted by atomic mass is 9.78. The highest BCUT2D eigenvalue weighted by Gasteiger charge is 2.33. The molecule has 0 amide bonds. The average Bonchev–Trinajstić information content (AvgIpc) is 2.43. The van der Waals surface area contributed by atoms with E-state index in [1.165, 1.54) is 19.3 Å².